The van der Waals surface area contributed by atoms with E-state index in [1.54, 1.807) is 29.2 Å². The third kappa shape index (κ3) is 4.99. The van der Waals surface area contributed by atoms with Crippen LogP contribution in [0.5, 0.6) is 0 Å². The molecule has 1 aliphatic heterocycles. The lowest BCUT2D eigenvalue weighted by Crippen LogP contribution is -2.41. The molecule has 0 N–H and O–H groups in total. The molecule has 0 unspecified atom stereocenters. The van der Waals surface area contributed by atoms with Crippen LogP contribution in [0.25, 0.3) is 11.5 Å². The molecule has 0 atom stereocenters. The second-order valence-electron chi connectivity index (χ2n) is 7.94. The van der Waals surface area contributed by atoms with Crippen LogP contribution in [-0.2, 0) is 17.5 Å². The maximum absolute atomic E-state index is 13.4. The van der Waals surface area contributed by atoms with Crippen molar-refractivity contribution in [1.29, 1.82) is 0 Å². The summed E-state index contributed by atoms with van der Waals surface area (Å²) >= 11 is 0. The highest BCUT2D eigenvalue weighted by atomic mass is 19.4. The Morgan fingerprint density at radius 1 is 1.06 bits per heavy atom. The molecular weight excluding hydrogens is 421 g/mol. The van der Waals surface area contributed by atoms with Gasteiger partial charge in [-0.15, -0.1) is 10.2 Å². The van der Waals surface area contributed by atoms with Gasteiger partial charge in [0.2, 0.25) is 11.8 Å². The van der Waals surface area contributed by atoms with Gasteiger partial charge >= 0.3 is 12.1 Å². The first-order valence-electron chi connectivity index (χ1n) is 10.4. The van der Waals surface area contributed by atoms with Crippen molar-refractivity contribution in [2.75, 3.05) is 25.0 Å². The van der Waals surface area contributed by atoms with E-state index in [-0.39, 0.29) is 17.7 Å². The Kier molecular flexibility index (Phi) is 6.27. The van der Waals surface area contributed by atoms with Crippen molar-refractivity contribution in [2.24, 2.45) is 5.92 Å². The van der Waals surface area contributed by atoms with Crippen LogP contribution in [0.15, 0.2) is 59.0 Å². The second-order valence-corrected chi connectivity index (χ2v) is 7.94. The molecule has 0 saturated carbocycles. The Bertz CT molecular complexity index is 1040. The van der Waals surface area contributed by atoms with Gasteiger partial charge in [-0.2, -0.15) is 13.2 Å². The molecule has 1 saturated heterocycles. The molecule has 9 heteroatoms. The number of piperidine rings is 1. The van der Waals surface area contributed by atoms with E-state index in [2.05, 4.69) is 22.1 Å². The fourth-order valence-corrected chi connectivity index (χ4v) is 3.77. The molecule has 1 aliphatic rings. The van der Waals surface area contributed by atoms with Crippen LogP contribution in [0.1, 0.15) is 24.3 Å². The van der Waals surface area contributed by atoms with Gasteiger partial charge in [-0.05, 0) is 62.8 Å². The summed E-state index contributed by atoms with van der Waals surface area (Å²) in [5.74, 6) is -1.54. The van der Waals surface area contributed by atoms with Gasteiger partial charge in [0.25, 0.3) is 0 Å². The summed E-state index contributed by atoms with van der Waals surface area (Å²) in [4.78, 5) is 17.4. The molecule has 6 nitrogen and oxygen atoms in total. The summed E-state index contributed by atoms with van der Waals surface area (Å²) in [7, 11) is 2.05. The van der Waals surface area contributed by atoms with Gasteiger partial charge in [0.05, 0.1) is 6.54 Å². The Hall–Kier alpha value is -3.20. The lowest BCUT2D eigenvalue weighted by molar-refractivity contribution is -0.157. The summed E-state index contributed by atoms with van der Waals surface area (Å²) in [6.45, 7) is 2.13. The molecule has 2 aromatic carbocycles. The molecule has 1 fully saturated rings. The van der Waals surface area contributed by atoms with E-state index in [1.807, 2.05) is 30.3 Å². The van der Waals surface area contributed by atoms with Gasteiger partial charge in [-0.25, -0.2) is 0 Å². The molecule has 0 aliphatic carbocycles. The van der Waals surface area contributed by atoms with E-state index >= 15 is 0 Å². The van der Waals surface area contributed by atoms with Crippen LogP contribution in [0.3, 0.4) is 0 Å². The SMILES string of the molecule is CN1CCC(C(=O)N(Cc2ccc(-c3nnc(C(F)(F)F)o3)cc2)c2ccccc2)CC1. The number of alkyl halides is 3. The number of amides is 1. The largest absolute Gasteiger partial charge is 0.470 e. The first-order valence-corrected chi connectivity index (χ1v) is 10.4. The molecule has 2 heterocycles. The fourth-order valence-electron chi connectivity index (χ4n) is 3.77. The third-order valence-corrected chi connectivity index (χ3v) is 5.61. The monoisotopic (exact) mass is 444 g/mol. The topological polar surface area (TPSA) is 62.5 Å². The molecule has 0 radical (unpaired) electrons. The number of benzene rings is 2. The number of halogens is 3. The average molecular weight is 444 g/mol. The number of likely N-dealkylation sites (tertiary alicyclic amines) is 1. The number of hydrogen-bond acceptors (Lipinski definition) is 5. The Labute approximate surface area is 183 Å². The zero-order valence-electron chi connectivity index (χ0n) is 17.5. The molecule has 4 rings (SSSR count). The van der Waals surface area contributed by atoms with Gasteiger partial charge in [0.1, 0.15) is 0 Å². The van der Waals surface area contributed by atoms with Crippen LogP contribution in [0, 0.1) is 5.92 Å². The van der Waals surface area contributed by atoms with Crippen molar-refractivity contribution in [3.8, 4) is 11.5 Å². The quantitative estimate of drug-likeness (QED) is 0.574. The van der Waals surface area contributed by atoms with Crippen molar-refractivity contribution in [3.63, 3.8) is 0 Å². The van der Waals surface area contributed by atoms with E-state index in [0.717, 1.165) is 37.2 Å². The van der Waals surface area contributed by atoms with Gasteiger partial charge < -0.3 is 14.2 Å². The van der Waals surface area contributed by atoms with Crippen molar-refractivity contribution >= 4 is 11.6 Å². The first kappa shape index (κ1) is 22.0. The number of carbonyl (C=O) groups is 1. The van der Waals surface area contributed by atoms with Crippen LogP contribution in [-0.4, -0.2) is 41.1 Å². The molecule has 3 aromatic rings. The molecule has 1 aromatic heterocycles. The number of nitrogens with zero attached hydrogens (tertiary/aromatic N) is 4. The van der Waals surface area contributed by atoms with Crippen molar-refractivity contribution < 1.29 is 22.4 Å². The normalized spacial score (nSPS) is 15.6. The summed E-state index contributed by atoms with van der Waals surface area (Å²) in [5.41, 5.74) is 2.03. The number of aromatic nitrogens is 2. The maximum Gasteiger partial charge on any atom is 0.470 e. The van der Waals surface area contributed by atoms with Crippen molar-refractivity contribution in [1.82, 2.24) is 15.1 Å². The lowest BCUT2D eigenvalue weighted by atomic mass is 9.95. The van der Waals surface area contributed by atoms with Crippen LogP contribution in [0.4, 0.5) is 18.9 Å². The van der Waals surface area contributed by atoms with Crippen LogP contribution >= 0.6 is 0 Å². The smallest absolute Gasteiger partial charge is 0.413 e. The minimum Gasteiger partial charge on any atom is -0.413 e. The second kappa shape index (κ2) is 9.12. The predicted molar refractivity (Wildman–Crippen MR) is 113 cm³/mol. The summed E-state index contributed by atoms with van der Waals surface area (Å²) in [6.07, 6.45) is -3.05. The zero-order chi connectivity index (χ0) is 22.7. The van der Waals surface area contributed by atoms with Crippen LogP contribution < -0.4 is 4.90 Å². The molecular formula is C23H23F3N4O2. The number of para-hydroxylation sites is 1. The predicted octanol–water partition coefficient (Wildman–Crippen LogP) is 4.63. The highest BCUT2D eigenvalue weighted by molar-refractivity contribution is 5.95. The lowest BCUT2D eigenvalue weighted by Gasteiger charge is -2.32. The Balaban J connectivity index is 1.53. The minimum atomic E-state index is -4.68. The highest BCUT2D eigenvalue weighted by Gasteiger charge is 2.38. The number of rotatable bonds is 5. The average Bonchev–Trinajstić information content (AvgIpc) is 3.30. The summed E-state index contributed by atoms with van der Waals surface area (Å²) < 4.78 is 42.8. The first-order chi connectivity index (χ1) is 15.3. The molecule has 0 spiro atoms. The molecule has 168 valence electrons. The minimum absolute atomic E-state index is 0.0372. The number of carbonyl (C=O) groups excluding carboxylic acids is 1. The molecule has 0 bridgehead atoms. The van der Waals surface area contributed by atoms with E-state index in [4.69, 9.17) is 4.42 Å². The summed E-state index contributed by atoms with van der Waals surface area (Å²) in [5, 5.41) is 6.54. The van der Waals surface area contributed by atoms with E-state index in [1.165, 1.54) is 0 Å². The van der Waals surface area contributed by atoms with Crippen LogP contribution in [0.2, 0.25) is 0 Å². The number of anilines is 1. The maximum atomic E-state index is 13.4. The van der Waals surface area contributed by atoms with Gasteiger partial charge in [0.15, 0.2) is 0 Å². The van der Waals surface area contributed by atoms with Crippen molar-refractivity contribution in [3.05, 3.63) is 66.1 Å². The standard InChI is InChI=1S/C23H23F3N4O2/c1-29-13-11-18(12-14-29)21(31)30(19-5-3-2-4-6-19)15-16-7-9-17(10-8-16)20-27-28-22(32-20)23(24,25)26/h2-10,18H,11-15H2,1H3. The van der Waals surface area contributed by atoms with E-state index < -0.39 is 12.1 Å². The number of hydrogen-bond donors (Lipinski definition) is 0. The summed E-state index contributed by atoms with van der Waals surface area (Å²) in [6, 6.07) is 16.2. The Morgan fingerprint density at radius 3 is 2.31 bits per heavy atom. The van der Waals surface area contributed by atoms with E-state index in [0.29, 0.717) is 12.1 Å². The Morgan fingerprint density at radius 2 is 1.72 bits per heavy atom. The van der Waals surface area contributed by atoms with Gasteiger partial charge in [0, 0.05) is 17.2 Å². The third-order valence-electron chi connectivity index (χ3n) is 5.61. The molecule has 1 amide bonds. The van der Waals surface area contributed by atoms with E-state index in [9.17, 15) is 18.0 Å². The highest BCUT2D eigenvalue weighted by Crippen LogP contribution is 2.31. The fraction of sp³-hybridized carbons (Fsp3) is 0.348. The zero-order valence-corrected chi connectivity index (χ0v) is 17.5. The molecule has 32 heavy (non-hydrogen) atoms. The van der Waals surface area contributed by atoms with Crippen molar-refractivity contribution in [2.45, 2.75) is 25.6 Å². The van der Waals surface area contributed by atoms with Gasteiger partial charge in [-0.3, -0.25) is 4.79 Å². The van der Waals surface area contributed by atoms with Gasteiger partial charge in [-0.1, -0.05) is 30.3 Å².